The Morgan fingerprint density at radius 3 is 2.50 bits per heavy atom. The van der Waals surface area contributed by atoms with Gasteiger partial charge in [-0.2, -0.15) is 0 Å². The van der Waals surface area contributed by atoms with E-state index >= 15 is 0 Å². The lowest BCUT2D eigenvalue weighted by Crippen LogP contribution is -2.52. The Balaban J connectivity index is 1.62. The van der Waals surface area contributed by atoms with Gasteiger partial charge in [-0.15, -0.1) is 0 Å². The smallest absolute Gasteiger partial charge is 0.194 e. The molecule has 0 spiro atoms. The molecule has 2 N–H and O–H groups in total. The Bertz CT molecular complexity index is 740. The minimum atomic E-state index is -0.207. The molecule has 5 nitrogen and oxygen atoms in total. The molecule has 1 saturated heterocycles. The summed E-state index contributed by atoms with van der Waals surface area (Å²) >= 11 is 0. The van der Waals surface area contributed by atoms with Crippen LogP contribution in [0.1, 0.15) is 12.5 Å². The van der Waals surface area contributed by atoms with Gasteiger partial charge in [-0.25, -0.2) is 9.38 Å². The third-order valence-electron chi connectivity index (χ3n) is 4.43. The maximum absolute atomic E-state index is 13.1. The highest BCUT2D eigenvalue weighted by atomic mass is 19.1. The molecule has 138 valence electrons. The fourth-order valence-electron chi connectivity index (χ4n) is 3.08. The summed E-state index contributed by atoms with van der Waals surface area (Å²) in [5, 5.41) is 12.9. The molecule has 0 atom stereocenters. The van der Waals surface area contributed by atoms with Crippen LogP contribution in [0, 0.1) is 5.82 Å². The largest absolute Gasteiger partial charge is 0.508 e. The van der Waals surface area contributed by atoms with E-state index in [2.05, 4.69) is 22.0 Å². The van der Waals surface area contributed by atoms with Crippen LogP contribution in [0.3, 0.4) is 0 Å². The Morgan fingerprint density at radius 1 is 1.12 bits per heavy atom. The number of aliphatic imine (C=N–C) groups is 1. The van der Waals surface area contributed by atoms with Crippen molar-refractivity contribution < 1.29 is 9.50 Å². The number of benzene rings is 2. The second-order valence-corrected chi connectivity index (χ2v) is 6.29. The first-order valence-electron chi connectivity index (χ1n) is 8.97. The van der Waals surface area contributed by atoms with E-state index in [-0.39, 0.29) is 11.6 Å². The first-order valence-corrected chi connectivity index (χ1v) is 8.97. The standard InChI is InChI=1S/C20H25FN4O/c1-2-22-20(23-15-16-4-3-5-19(26)14-16)25-12-10-24(11-13-25)18-8-6-17(21)7-9-18/h3-9,14,26H,2,10-13,15H2,1H3,(H,22,23). The highest BCUT2D eigenvalue weighted by molar-refractivity contribution is 5.80. The zero-order valence-corrected chi connectivity index (χ0v) is 15.0. The number of phenols is 1. The summed E-state index contributed by atoms with van der Waals surface area (Å²) < 4.78 is 13.1. The number of anilines is 1. The summed E-state index contributed by atoms with van der Waals surface area (Å²) in [6.45, 7) is 6.81. The average Bonchev–Trinajstić information content (AvgIpc) is 2.66. The second kappa shape index (κ2) is 8.56. The number of guanidine groups is 1. The molecule has 3 rings (SSSR count). The van der Waals surface area contributed by atoms with Crippen LogP contribution in [-0.4, -0.2) is 48.7 Å². The fourth-order valence-corrected chi connectivity index (χ4v) is 3.08. The molecule has 2 aromatic rings. The van der Waals surface area contributed by atoms with Gasteiger partial charge < -0.3 is 20.2 Å². The van der Waals surface area contributed by atoms with E-state index in [4.69, 9.17) is 4.99 Å². The maximum atomic E-state index is 13.1. The number of hydrogen-bond donors (Lipinski definition) is 2. The molecule has 0 unspecified atom stereocenters. The summed E-state index contributed by atoms with van der Waals surface area (Å²) in [6.07, 6.45) is 0. The molecule has 1 aliphatic heterocycles. The zero-order valence-electron chi connectivity index (χ0n) is 15.0. The molecular weight excluding hydrogens is 331 g/mol. The fraction of sp³-hybridized carbons (Fsp3) is 0.350. The monoisotopic (exact) mass is 356 g/mol. The third kappa shape index (κ3) is 4.65. The summed E-state index contributed by atoms with van der Waals surface area (Å²) in [5.41, 5.74) is 2.03. The van der Waals surface area contributed by atoms with Crippen molar-refractivity contribution in [3.63, 3.8) is 0 Å². The van der Waals surface area contributed by atoms with Crippen molar-refractivity contribution in [2.24, 2.45) is 4.99 Å². The van der Waals surface area contributed by atoms with Gasteiger partial charge in [-0.1, -0.05) is 12.1 Å². The number of nitrogens with zero attached hydrogens (tertiary/aromatic N) is 3. The lowest BCUT2D eigenvalue weighted by molar-refractivity contribution is 0.372. The van der Waals surface area contributed by atoms with Crippen LogP contribution in [-0.2, 0) is 6.54 Å². The van der Waals surface area contributed by atoms with Crippen LogP contribution < -0.4 is 10.2 Å². The van der Waals surface area contributed by atoms with Crippen molar-refractivity contribution in [1.29, 1.82) is 0 Å². The van der Waals surface area contributed by atoms with Gasteiger partial charge in [0.1, 0.15) is 11.6 Å². The van der Waals surface area contributed by atoms with Crippen molar-refractivity contribution in [3.05, 3.63) is 59.9 Å². The van der Waals surface area contributed by atoms with Crippen molar-refractivity contribution in [3.8, 4) is 5.75 Å². The molecule has 0 amide bonds. The van der Waals surface area contributed by atoms with Gasteiger partial charge >= 0.3 is 0 Å². The predicted octanol–water partition coefficient (Wildman–Crippen LogP) is 2.82. The van der Waals surface area contributed by atoms with Gasteiger partial charge in [0.2, 0.25) is 0 Å². The second-order valence-electron chi connectivity index (χ2n) is 6.29. The summed E-state index contributed by atoms with van der Waals surface area (Å²) in [4.78, 5) is 9.21. The van der Waals surface area contributed by atoms with Crippen LogP contribution >= 0.6 is 0 Å². The van der Waals surface area contributed by atoms with Gasteiger partial charge in [0.15, 0.2) is 5.96 Å². The summed E-state index contributed by atoms with van der Waals surface area (Å²) in [6, 6.07) is 13.8. The number of halogens is 1. The van der Waals surface area contributed by atoms with Gasteiger partial charge in [0, 0.05) is 38.4 Å². The Labute approximate surface area is 153 Å². The van der Waals surface area contributed by atoms with Crippen molar-refractivity contribution in [2.45, 2.75) is 13.5 Å². The van der Waals surface area contributed by atoms with E-state index in [9.17, 15) is 9.50 Å². The lowest BCUT2D eigenvalue weighted by Gasteiger charge is -2.37. The minimum absolute atomic E-state index is 0.207. The van der Waals surface area contributed by atoms with Crippen molar-refractivity contribution in [2.75, 3.05) is 37.6 Å². The highest BCUT2D eigenvalue weighted by Gasteiger charge is 2.19. The van der Waals surface area contributed by atoms with E-state index in [0.717, 1.165) is 49.9 Å². The molecule has 2 aromatic carbocycles. The number of nitrogens with one attached hydrogen (secondary N) is 1. The molecule has 0 radical (unpaired) electrons. The average molecular weight is 356 g/mol. The summed E-state index contributed by atoms with van der Waals surface area (Å²) in [7, 11) is 0. The predicted molar refractivity (Wildman–Crippen MR) is 103 cm³/mol. The number of hydrogen-bond acceptors (Lipinski definition) is 3. The SMILES string of the molecule is CCNC(=NCc1cccc(O)c1)N1CCN(c2ccc(F)cc2)CC1. The van der Waals surface area contributed by atoms with Crippen molar-refractivity contribution >= 4 is 11.6 Å². The van der Waals surface area contributed by atoms with Gasteiger partial charge in [0.05, 0.1) is 6.54 Å². The number of piperazine rings is 1. The molecule has 1 fully saturated rings. The van der Waals surface area contributed by atoms with E-state index in [0.29, 0.717) is 6.54 Å². The van der Waals surface area contributed by atoms with E-state index in [1.54, 1.807) is 12.1 Å². The molecule has 0 aliphatic carbocycles. The first kappa shape index (κ1) is 18.0. The minimum Gasteiger partial charge on any atom is -0.508 e. The summed E-state index contributed by atoms with van der Waals surface area (Å²) in [5.74, 6) is 0.936. The van der Waals surface area contributed by atoms with Gasteiger partial charge in [0.25, 0.3) is 0 Å². The molecule has 1 heterocycles. The molecule has 0 bridgehead atoms. The Morgan fingerprint density at radius 2 is 1.85 bits per heavy atom. The highest BCUT2D eigenvalue weighted by Crippen LogP contribution is 2.17. The van der Waals surface area contributed by atoms with Gasteiger partial charge in [-0.05, 0) is 48.9 Å². The molecule has 6 heteroatoms. The third-order valence-corrected chi connectivity index (χ3v) is 4.43. The first-order chi connectivity index (χ1) is 12.7. The topological polar surface area (TPSA) is 51.1 Å². The molecule has 0 aromatic heterocycles. The molecule has 0 saturated carbocycles. The van der Waals surface area contributed by atoms with Crippen LogP contribution in [0.25, 0.3) is 0 Å². The van der Waals surface area contributed by atoms with E-state index < -0.39 is 0 Å². The molecule has 1 aliphatic rings. The van der Waals surface area contributed by atoms with Crippen LogP contribution in [0.15, 0.2) is 53.5 Å². The Hall–Kier alpha value is -2.76. The van der Waals surface area contributed by atoms with Crippen molar-refractivity contribution in [1.82, 2.24) is 10.2 Å². The van der Waals surface area contributed by atoms with Crippen LogP contribution in [0.4, 0.5) is 10.1 Å². The van der Waals surface area contributed by atoms with Crippen LogP contribution in [0.2, 0.25) is 0 Å². The quantitative estimate of drug-likeness (QED) is 0.653. The number of aromatic hydroxyl groups is 1. The Kier molecular flexibility index (Phi) is 5.94. The molecular formula is C20H25FN4O. The molecule has 26 heavy (non-hydrogen) atoms. The zero-order chi connectivity index (χ0) is 18.4. The normalized spacial score (nSPS) is 15.2. The lowest BCUT2D eigenvalue weighted by atomic mass is 10.2. The van der Waals surface area contributed by atoms with Gasteiger partial charge in [-0.3, -0.25) is 0 Å². The van der Waals surface area contributed by atoms with E-state index in [1.807, 2.05) is 24.3 Å². The van der Waals surface area contributed by atoms with Crippen LogP contribution in [0.5, 0.6) is 5.75 Å². The number of rotatable bonds is 4. The van der Waals surface area contributed by atoms with E-state index in [1.165, 1.54) is 12.1 Å². The maximum Gasteiger partial charge on any atom is 0.194 e. The number of phenolic OH excluding ortho intramolecular Hbond substituents is 1.